The Labute approximate surface area is 145 Å². The molecule has 0 unspecified atom stereocenters. The zero-order valence-electron chi connectivity index (χ0n) is 15.7. The second-order valence-electron chi connectivity index (χ2n) is 8.83. The number of fused-ring (bicyclic) bond motifs is 5. The second kappa shape index (κ2) is 5.93. The van der Waals surface area contributed by atoms with Crippen LogP contribution in [0.5, 0.6) is 0 Å². The molecule has 0 aromatic rings. The first kappa shape index (κ1) is 18.1. The number of carbonyl (C=O) groups is 1. The molecule has 0 aromatic heterocycles. The average Bonchev–Trinajstić information content (AvgIpc) is 3.08. The van der Waals surface area contributed by atoms with Crippen LogP contribution in [0.4, 0.5) is 0 Å². The Balaban J connectivity index is 1.99. The average molecular weight is 336 g/mol. The summed E-state index contributed by atoms with van der Waals surface area (Å²) in [5.74, 6) is 0.385. The Hall–Kier alpha value is -0.710. The number of hydrogen-bond acceptors (Lipinski definition) is 4. The maximum Gasteiger partial charge on any atom is 0.160 e. The molecule has 0 aromatic carbocycles. The van der Waals surface area contributed by atoms with Gasteiger partial charge in [-0.1, -0.05) is 19.9 Å². The van der Waals surface area contributed by atoms with Gasteiger partial charge < -0.3 is 14.6 Å². The molecule has 2 saturated heterocycles. The van der Waals surface area contributed by atoms with Gasteiger partial charge in [-0.05, 0) is 64.4 Å². The lowest BCUT2D eigenvalue weighted by molar-refractivity contribution is -0.198. The van der Waals surface area contributed by atoms with Crippen LogP contribution in [0.25, 0.3) is 0 Å². The molecule has 136 valence electrons. The molecular formula is C20H32O4. The van der Waals surface area contributed by atoms with E-state index in [4.69, 9.17) is 9.47 Å². The molecule has 3 rings (SSSR count). The van der Waals surface area contributed by atoms with Crippen molar-refractivity contribution in [2.75, 3.05) is 0 Å². The number of hydrogen-bond donors (Lipinski definition) is 1. The van der Waals surface area contributed by atoms with E-state index in [2.05, 4.69) is 20.8 Å². The number of aliphatic hydroxyl groups is 1. The number of Topliss-reactive ketones (excluding diaryl/α,β-unsaturated/α-hetero) is 1. The molecule has 1 N–H and O–H groups in total. The zero-order chi connectivity index (χ0) is 17.8. The molecule has 5 atom stereocenters. The maximum absolute atomic E-state index is 12.5. The van der Waals surface area contributed by atoms with Crippen molar-refractivity contribution in [3.05, 3.63) is 11.6 Å². The molecule has 4 heteroatoms. The van der Waals surface area contributed by atoms with Gasteiger partial charge in [-0.15, -0.1) is 0 Å². The lowest BCUT2D eigenvalue weighted by Crippen LogP contribution is -2.48. The molecule has 3 heterocycles. The molecule has 3 aliphatic rings. The normalized spacial score (nSPS) is 48.8. The van der Waals surface area contributed by atoms with Gasteiger partial charge >= 0.3 is 0 Å². The monoisotopic (exact) mass is 336 g/mol. The third kappa shape index (κ3) is 2.87. The molecule has 0 saturated carbocycles. The molecule has 24 heavy (non-hydrogen) atoms. The van der Waals surface area contributed by atoms with Crippen LogP contribution in [0.2, 0.25) is 0 Å². The second-order valence-corrected chi connectivity index (χ2v) is 8.83. The minimum Gasteiger partial charge on any atom is -0.390 e. The highest BCUT2D eigenvalue weighted by molar-refractivity contribution is 5.95. The highest BCUT2D eigenvalue weighted by atomic mass is 16.6. The van der Waals surface area contributed by atoms with E-state index in [1.807, 2.05) is 19.9 Å². The van der Waals surface area contributed by atoms with Crippen LogP contribution in [-0.2, 0) is 14.3 Å². The van der Waals surface area contributed by atoms with Crippen molar-refractivity contribution in [1.29, 1.82) is 0 Å². The van der Waals surface area contributed by atoms with Crippen LogP contribution in [0.15, 0.2) is 11.6 Å². The first-order valence-electron chi connectivity index (χ1n) is 9.36. The van der Waals surface area contributed by atoms with Crippen LogP contribution in [0, 0.1) is 5.92 Å². The molecule has 4 bridgehead atoms. The first-order chi connectivity index (χ1) is 11.1. The van der Waals surface area contributed by atoms with Gasteiger partial charge in [0.2, 0.25) is 0 Å². The first-order valence-corrected chi connectivity index (χ1v) is 9.36. The lowest BCUT2D eigenvalue weighted by Gasteiger charge is -2.40. The molecule has 0 aliphatic carbocycles. The van der Waals surface area contributed by atoms with E-state index >= 15 is 0 Å². The maximum atomic E-state index is 12.5. The summed E-state index contributed by atoms with van der Waals surface area (Å²) in [6, 6.07) is 0. The number of aliphatic hydroxyl groups excluding tert-OH is 1. The highest BCUT2D eigenvalue weighted by Gasteiger charge is 2.56. The van der Waals surface area contributed by atoms with Crippen molar-refractivity contribution < 1.29 is 19.4 Å². The highest BCUT2D eigenvalue weighted by Crippen LogP contribution is 2.51. The standard InChI is InChI=1S/C20H32O4/c1-13(2)20-9-6-14(3)15(21)12-16(22)18(4)8-7-17(23-18)19(5,24-20)10-11-20/h6,13,16-17,22H,7-12H2,1-5H3/b14-6+/t16-,17-,18+,19+,20+/m0/s1. The molecule has 4 nitrogen and oxygen atoms in total. The number of rotatable bonds is 1. The van der Waals surface area contributed by atoms with E-state index in [0.717, 1.165) is 37.7 Å². The molecule has 3 aliphatic heterocycles. The Bertz CT molecular complexity index is 554. The molecule has 0 spiro atoms. The summed E-state index contributed by atoms with van der Waals surface area (Å²) in [6.45, 7) is 10.3. The summed E-state index contributed by atoms with van der Waals surface area (Å²) in [5.41, 5.74) is -0.469. The molecule has 2 fully saturated rings. The van der Waals surface area contributed by atoms with Gasteiger partial charge in [0.1, 0.15) is 0 Å². The van der Waals surface area contributed by atoms with Gasteiger partial charge in [-0.2, -0.15) is 0 Å². The van der Waals surface area contributed by atoms with Crippen molar-refractivity contribution in [2.24, 2.45) is 5.92 Å². The summed E-state index contributed by atoms with van der Waals surface area (Å²) >= 11 is 0. The van der Waals surface area contributed by atoms with Crippen LogP contribution in [0.1, 0.15) is 73.1 Å². The summed E-state index contributed by atoms with van der Waals surface area (Å²) in [4.78, 5) is 12.5. The fourth-order valence-electron chi connectivity index (χ4n) is 4.57. The lowest BCUT2D eigenvalue weighted by atomic mass is 9.82. The summed E-state index contributed by atoms with van der Waals surface area (Å²) in [6.07, 6.45) is 5.71. The van der Waals surface area contributed by atoms with Crippen LogP contribution in [-0.4, -0.2) is 39.9 Å². The predicted octanol–water partition coefficient (Wildman–Crippen LogP) is 3.56. The molecule has 0 amide bonds. The summed E-state index contributed by atoms with van der Waals surface area (Å²) in [7, 11) is 0. The van der Waals surface area contributed by atoms with E-state index in [-0.39, 0.29) is 29.5 Å². The quantitative estimate of drug-likeness (QED) is 0.795. The van der Waals surface area contributed by atoms with Crippen LogP contribution < -0.4 is 0 Å². The molecule has 0 radical (unpaired) electrons. The largest absolute Gasteiger partial charge is 0.390 e. The van der Waals surface area contributed by atoms with E-state index < -0.39 is 11.7 Å². The fourth-order valence-corrected chi connectivity index (χ4v) is 4.57. The number of allylic oxidation sites excluding steroid dienone is 1. The Morgan fingerprint density at radius 1 is 1.21 bits per heavy atom. The number of ketones is 1. The van der Waals surface area contributed by atoms with Crippen molar-refractivity contribution >= 4 is 5.78 Å². The number of carbonyl (C=O) groups excluding carboxylic acids is 1. The van der Waals surface area contributed by atoms with Crippen molar-refractivity contribution in [3.8, 4) is 0 Å². The van der Waals surface area contributed by atoms with E-state index in [1.54, 1.807) is 0 Å². The fraction of sp³-hybridized carbons (Fsp3) is 0.850. The van der Waals surface area contributed by atoms with E-state index in [1.165, 1.54) is 0 Å². The zero-order valence-corrected chi connectivity index (χ0v) is 15.7. The predicted molar refractivity (Wildman–Crippen MR) is 92.8 cm³/mol. The summed E-state index contributed by atoms with van der Waals surface area (Å²) in [5, 5.41) is 10.6. The Morgan fingerprint density at radius 3 is 2.58 bits per heavy atom. The minimum atomic E-state index is -0.766. The number of ether oxygens (including phenoxy) is 2. The smallest absolute Gasteiger partial charge is 0.160 e. The van der Waals surface area contributed by atoms with Gasteiger partial charge in [0.05, 0.1) is 29.0 Å². The van der Waals surface area contributed by atoms with E-state index in [9.17, 15) is 9.90 Å². The van der Waals surface area contributed by atoms with E-state index in [0.29, 0.717) is 5.92 Å². The van der Waals surface area contributed by atoms with Gasteiger partial charge in [0.15, 0.2) is 5.78 Å². The van der Waals surface area contributed by atoms with Gasteiger partial charge in [0, 0.05) is 6.42 Å². The van der Waals surface area contributed by atoms with Crippen LogP contribution >= 0.6 is 0 Å². The van der Waals surface area contributed by atoms with Gasteiger partial charge in [-0.3, -0.25) is 4.79 Å². The third-order valence-electron chi connectivity index (χ3n) is 6.81. The van der Waals surface area contributed by atoms with Crippen LogP contribution in [0.3, 0.4) is 0 Å². The van der Waals surface area contributed by atoms with Crippen molar-refractivity contribution in [3.63, 3.8) is 0 Å². The Kier molecular flexibility index (Phi) is 4.47. The minimum absolute atomic E-state index is 0.0102. The topological polar surface area (TPSA) is 55.8 Å². The van der Waals surface area contributed by atoms with Gasteiger partial charge in [0.25, 0.3) is 0 Å². The molecular weight excluding hydrogens is 304 g/mol. The van der Waals surface area contributed by atoms with Crippen molar-refractivity contribution in [2.45, 2.75) is 102 Å². The summed E-state index contributed by atoms with van der Waals surface area (Å²) < 4.78 is 13.0. The third-order valence-corrected chi connectivity index (χ3v) is 6.81. The van der Waals surface area contributed by atoms with Crippen molar-refractivity contribution in [1.82, 2.24) is 0 Å². The SMILES string of the molecule is C/C1=C\C[C@]2(C(C)C)CC[C@@](C)(O2)[C@@H]2CC[C@@](C)(O2)[C@@H](O)CC1=O. The van der Waals surface area contributed by atoms with Gasteiger partial charge in [-0.25, -0.2) is 0 Å². The Morgan fingerprint density at radius 2 is 1.92 bits per heavy atom.